The molecule has 132 valence electrons. The molecule has 1 aliphatic carbocycles. The first kappa shape index (κ1) is 17.7. The van der Waals surface area contributed by atoms with Crippen molar-refractivity contribution < 1.29 is 9.53 Å². The largest absolute Gasteiger partial charge is 0.487 e. The van der Waals surface area contributed by atoms with Crippen LogP contribution in [0.5, 0.6) is 5.75 Å². The van der Waals surface area contributed by atoms with Crippen LogP contribution in [0, 0.1) is 12.8 Å². The summed E-state index contributed by atoms with van der Waals surface area (Å²) in [6, 6.07) is 8.06. The molecular weight excluding hydrogens is 332 g/mol. The fraction of sp³-hybridized carbons (Fsp3) is 0.400. The van der Waals surface area contributed by atoms with E-state index in [2.05, 4.69) is 11.9 Å². The number of hydrogen-bond donors (Lipinski definition) is 0. The molecule has 0 saturated heterocycles. The van der Waals surface area contributed by atoms with Crippen LogP contribution in [0.15, 0.2) is 35.7 Å². The maximum atomic E-state index is 12.2. The Labute approximate surface area is 153 Å². The van der Waals surface area contributed by atoms with E-state index in [-0.39, 0.29) is 5.91 Å². The zero-order chi connectivity index (χ0) is 17.8. The van der Waals surface area contributed by atoms with E-state index in [4.69, 9.17) is 4.74 Å². The molecular formula is C20H24N2O2S. The molecule has 0 aliphatic heterocycles. The number of rotatable bonds is 7. The number of nitrogens with zero attached hydrogens (tertiary/aromatic N) is 2. The van der Waals surface area contributed by atoms with E-state index in [0.717, 1.165) is 22.0 Å². The number of hydrogen-bond acceptors (Lipinski definition) is 4. The maximum absolute atomic E-state index is 12.2. The second-order valence-corrected chi connectivity index (χ2v) is 7.64. The highest BCUT2D eigenvalue weighted by Crippen LogP contribution is 2.34. The molecule has 0 radical (unpaired) electrons. The highest BCUT2D eigenvalue weighted by molar-refractivity contribution is 7.09. The lowest BCUT2D eigenvalue weighted by atomic mass is 10.1. The number of carbonyl (C=O) groups excluding carboxylic acids is 1. The second-order valence-electron chi connectivity index (χ2n) is 6.58. The van der Waals surface area contributed by atoms with Crippen molar-refractivity contribution in [3.05, 3.63) is 52.0 Å². The van der Waals surface area contributed by atoms with Gasteiger partial charge in [-0.2, -0.15) is 0 Å². The fourth-order valence-electron chi connectivity index (χ4n) is 2.69. The van der Waals surface area contributed by atoms with Gasteiger partial charge in [-0.15, -0.1) is 11.3 Å². The maximum Gasteiger partial charge on any atom is 0.246 e. The summed E-state index contributed by atoms with van der Waals surface area (Å²) in [6.45, 7) is 4.58. The van der Waals surface area contributed by atoms with Crippen molar-refractivity contribution in [1.29, 1.82) is 0 Å². The Bertz CT molecular complexity index is 747. The van der Waals surface area contributed by atoms with E-state index in [1.165, 1.54) is 12.8 Å². The molecule has 1 atom stereocenters. The predicted octanol–water partition coefficient (Wildman–Crippen LogP) is 4.30. The number of benzene rings is 1. The van der Waals surface area contributed by atoms with Crippen LogP contribution in [0.25, 0.3) is 6.08 Å². The monoisotopic (exact) mass is 356 g/mol. The number of aryl methyl sites for hydroxylation is 1. The van der Waals surface area contributed by atoms with Gasteiger partial charge >= 0.3 is 0 Å². The third-order valence-electron chi connectivity index (χ3n) is 4.61. The summed E-state index contributed by atoms with van der Waals surface area (Å²) in [4.78, 5) is 18.4. The van der Waals surface area contributed by atoms with Crippen molar-refractivity contribution in [2.75, 3.05) is 7.05 Å². The number of thiazole rings is 1. The van der Waals surface area contributed by atoms with Gasteiger partial charge in [0.25, 0.3) is 0 Å². The number of aromatic nitrogens is 1. The van der Waals surface area contributed by atoms with Crippen molar-refractivity contribution >= 4 is 23.3 Å². The van der Waals surface area contributed by atoms with E-state index in [1.807, 2.05) is 54.6 Å². The minimum Gasteiger partial charge on any atom is -0.487 e. The molecule has 4 nitrogen and oxygen atoms in total. The predicted molar refractivity (Wildman–Crippen MR) is 102 cm³/mol. The number of amides is 1. The smallest absolute Gasteiger partial charge is 0.246 e. The van der Waals surface area contributed by atoms with Gasteiger partial charge in [-0.1, -0.05) is 12.1 Å². The quantitative estimate of drug-likeness (QED) is 0.695. The summed E-state index contributed by atoms with van der Waals surface area (Å²) in [5.74, 6) is 1.53. The Morgan fingerprint density at radius 3 is 2.72 bits per heavy atom. The third-order valence-corrected chi connectivity index (χ3v) is 5.44. The minimum absolute atomic E-state index is 0.0543. The Balaban J connectivity index is 1.52. The highest BCUT2D eigenvalue weighted by atomic mass is 32.1. The van der Waals surface area contributed by atoms with Crippen LogP contribution in [0.2, 0.25) is 0 Å². The average Bonchev–Trinajstić information content (AvgIpc) is 3.39. The molecule has 1 fully saturated rings. The third kappa shape index (κ3) is 4.92. The molecule has 3 rings (SSSR count). The lowest BCUT2D eigenvalue weighted by Crippen LogP contribution is -2.35. The van der Waals surface area contributed by atoms with Crippen molar-refractivity contribution in [2.45, 2.75) is 39.3 Å². The van der Waals surface area contributed by atoms with Gasteiger partial charge < -0.3 is 9.64 Å². The SMILES string of the molecule is Cc1nc(COc2ccc(/C=C/C(=O)N(C)C(C)C3CC3)cc2)cs1. The van der Waals surface area contributed by atoms with E-state index in [1.54, 1.807) is 17.4 Å². The molecule has 25 heavy (non-hydrogen) atoms. The first-order valence-electron chi connectivity index (χ1n) is 8.61. The van der Waals surface area contributed by atoms with Crippen LogP contribution in [-0.4, -0.2) is 28.9 Å². The first-order chi connectivity index (χ1) is 12.0. The molecule has 1 heterocycles. The summed E-state index contributed by atoms with van der Waals surface area (Å²) in [7, 11) is 1.88. The standard InChI is InChI=1S/C20H24N2O2S/c1-14(17-7-8-17)22(3)20(23)11-6-16-4-9-19(10-5-16)24-12-18-13-25-15(2)21-18/h4-6,9-11,13-14,17H,7-8,12H2,1-3H3/b11-6+. The molecule has 1 amide bonds. The molecule has 1 saturated carbocycles. The van der Waals surface area contributed by atoms with Crippen LogP contribution in [-0.2, 0) is 11.4 Å². The van der Waals surface area contributed by atoms with Gasteiger partial charge in [-0.25, -0.2) is 4.98 Å². The summed E-state index contributed by atoms with van der Waals surface area (Å²) in [6.07, 6.45) is 5.98. The molecule has 0 N–H and O–H groups in total. The number of likely N-dealkylation sites (N-methyl/N-ethyl adjacent to an activating group) is 1. The molecule has 1 unspecified atom stereocenters. The molecule has 1 aliphatic rings. The van der Waals surface area contributed by atoms with Gasteiger partial charge in [-0.05, 0) is 56.4 Å². The molecule has 0 bridgehead atoms. The minimum atomic E-state index is 0.0543. The van der Waals surface area contributed by atoms with Crippen LogP contribution < -0.4 is 4.74 Å². The molecule has 2 aromatic rings. The molecule has 1 aromatic carbocycles. The van der Waals surface area contributed by atoms with Gasteiger partial charge in [0.05, 0.1) is 10.7 Å². The van der Waals surface area contributed by atoms with Gasteiger partial charge in [0.15, 0.2) is 0 Å². The van der Waals surface area contributed by atoms with E-state index in [0.29, 0.717) is 18.6 Å². The van der Waals surface area contributed by atoms with Crippen LogP contribution in [0.1, 0.15) is 36.0 Å². The lowest BCUT2D eigenvalue weighted by Gasteiger charge is -2.23. The second kappa shape index (κ2) is 7.83. The van der Waals surface area contributed by atoms with E-state index >= 15 is 0 Å². The van der Waals surface area contributed by atoms with Gasteiger partial charge in [0, 0.05) is 24.5 Å². The lowest BCUT2D eigenvalue weighted by molar-refractivity contribution is -0.126. The molecule has 1 aromatic heterocycles. The normalized spacial score (nSPS) is 15.3. The first-order valence-corrected chi connectivity index (χ1v) is 9.49. The Morgan fingerprint density at radius 1 is 1.40 bits per heavy atom. The zero-order valence-corrected chi connectivity index (χ0v) is 15.8. The van der Waals surface area contributed by atoms with Crippen molar-refractivity contribution in [3.8, 4) is 5.75 Å². The van der Waals surface area contributed by atoms with Crippen LogP contribution in [0.3, 0.4) is 0 Å². The van der Waals surface area contributed by atoms with Gasteiger partial charge in [-0.3, -0.25) is 4.79 Å². The highest BCUT2D eigenvalue weighted by Gasteiger charge is 2.31. The van der Waals surface area contributed by atoms with Crippen LogP contribution >= 0.6 is 11.3 Å². The summed E-state index contributed by atoms with van der Waals surface area (Å²) >= 11 is 1.62. The summed E-state index contributed by atoms with van der Waals surface area (Å²) in [5.41, 5.74) is 1.93. The Morgan fingerprint density at radius 2 is 2.12 bits per heavy atom. The Kier molecular flexibility index (Phi) is 5.53. The average molecular weight is 356 g/mol. The summed E-state index contributed by atoms with van der Waals surface area (Å²) in [5, 5.41) is 3.06. The van der Waals surface area contributed by atoms with E-state index in [9.17, 15) is 4.79 Å². The molecule has 5 heteroatoms. The summed E-state index contributed by atoms with van der Waals surface area (Å²) < 4.78 is 5.73. The molecule has 0 spiro atoms. The number of carbonyl (C=O) groups is 1. The van der Waals surface area contributed by atoms with Crippen molar-refractivity contribution in [3.63, 3.8) is 0 Å². The number of ether oxygens (including phenoxy) is 1. The zero-order valence-electron chi connectivity index (χ0n) is 14.9. The fourth-order valence-corrected chi connectivity index (χ4v) is 3.28. The van der Waals surface area contributed by atoms with Crippen molar-refractivity contribution in [2.24, 2.45) is 5.92 Å². The van der Waals surface area contributed by atoms with Crippen molar-refractivity contribution in [1.82, 2.24) is 9.88 Å². The van der Waals surface area contributed by atoms with Gasteiger partial charge in [0.1, 0.15) is 12.4 Å². The Hall–Kier alpha value is -2.14. The van der Waals surface area contributed by atoms with Crippen LogP contribution in [0.4, 0.5) is 0 Å². The van der Waals surface area contributed by atoms with E-state index < -0.39 is 0 Å². The van der Waals surface area contributed by atoms with Gasteiger partial charge in [0.2, 0.25) is 5.91 Å². The topological polar surface area (TPSA) is 42.4 Å².